The number of nitrogens with one attached hydrogen (secondary N) is 2. The maximum absolute atomic E-state index is 12.3. The summed E-state index contributed by atoms with van der Waals surface area (Å²) < 4.78 is 0. The van der Waals surface area contributed by atoms with Crippen LogP contribution >= 0.6 is 23.7 Å². The fraction of sp³-hybridized carbons (Fsp3) is 0.647. The van der Waals surface area contributed by atoms with Gasteiger partial charge in [0.25, 0.3) is 5.91 Å². The summed E-state index contributed by atoms with van der Waals surface area (Å²) in [7, 11) is 0. The standard InChI is InChI=1S/C17H25N3O2S.ClH/c21-16(2-1-13-3-7-18-11-13)20-8-4-15(5-9-20)19-17(22)14-6-10-23-12-14;/h6,10,12-13,15,18H,1-5,7-9,11H2,(H,19,22);1H. The van der Waals surface area contributed by atoms with E-state index in [0.717, 1.165) is 51.0 Å². The van der Waals surface area contributed by atoms with Gasteiger partial charge in [0.1, 0.15) is 0 Å². The van der Waals surface area contributed by atoms with E-state index in [0.29, 0.717) is 12.3 Å². The van der Waals surface area contributed by atoms with Crippen molar-refractivity contribution in [2.24, 2.45) is 5.92 Å². The summed E-state index contributed by atoms with van der Waals surface area (Å²) in [5.41, 5.74) is 0.735. The fourth-order valence-electron chi connectivity index (χ4n) is 3.38. The van der Waals surface area contributed by atoms with E-state index >= 15 is 0 Å². The third kappa shape index (κ3) is 5.19. The van der Waals surface area contributed by atoms with Crippen molar-refractivity contribution in [1.29, 1.82) is 0 Å². The van der Waals surface area contributed by atoms with Crippen molar-refractivity contribution >= 4 is 35.6 Å². The highest BCUT2D eigenvalue weighted by atomic mass is 35.5. The van der Waals surface area contributed by atoms with Gasteiger partial charge in [-0.2, -0.15) is 11.3 Å². The van der Waals surface area contributed by atoms with Gasteiger partial charge >= 0.3 is 0 Å². The number of likely N-dealkylation sites (tertiary alicyclic amines) is 1. The Balaban J connectivity index is 0.00000208. The van der Waals surface area contributed by atoms with E-state index in [1.807, 2.05) is 21.7 Å². The van der Waals surface area contributed by atoms with E-state index in [1.165, 1.54) is 17.8 Å². The molecule has 3 heterocycles. The number of hydrogen-bond acceptors (Lipinski definition) is 4. The topological polar surface area (TPSA) is 61.4 Å². The van der Waals surface area contributed by atoms with Gasteiger partial charge in [-0.05, 0) is 56.1 Å². The second-order valence-corrected chi connectivity index (χ2v) is 7.32. The van der Waals surface area contributed by atoms with Crippen LogP contribution in [0, 0.1) is 5.92 Å². The molecule has 0 aromatic carbocycles. The molecule has 2 saturated heterocycles. The number of carbonyl (C=O) groups excluding carboxylic acids is 2. The molecular formula is C17H26ClN3O2S. The smallest absolute Gasteiger partial charge is 0.252 e. The lowest BCUT2D eigenvalue weighted by molar-refractivity contribution is -0.132. The molecule has 0 spiro atoms. The number of hydrogen-bond donors (Lipinski definition) is 2. The van der Waals surface area contributed by atoms with Crippen LogP contribution in [0.5, 0.6) is 0 Å². The first-order valence-electron chi connectivity index (χ1n) is 8.54. The van der Waals surface area contributed by atoms with Crippen LogP contribution in [0.3, 0.4) is 0 Å². The maximum Gasteiger partial charge on any atom is 0.252 e. The van der Waals surface area contributed by atoms with Gasteiger partial charge in [-0.15, -0.1) is 12.4 Å². The number of halogens is 1. The van der Waals surface area contributed by atoms with E-state index in [9.17, 15) is 9.59 Å². The first-order chi connectivity index (χ1) is 11.2. The Morgan fingerprint density at radius 2 is 2.08 bits per heavy atom. The Morgan fingerprint density at radius 1 is 1.29 bits per heavy atom. The van der Waals surface area contributed by atoms with Crippen molar-refractivity contribution in [2.45, 2.75) is 38.1 Å². The van der Waals surface area contributed by atoms with Crippen LogP contribution < -0.4 is 10.6 Å². The molecule has 0 saturated carbocycles. The molecule has 1 aromatic rings. The Labute approximate surface area is 153 Å². The first-order valence-corrected chi connectivity index (χ1v) is 9.48. The summed E-state index contributed by atoms with van der Waals surface area (Å²) in [4.78, 5) is 26.3. The van der Waals surface area contributed by atoms with Crippen LogP contribution in [-0.4, -0.2) is 48.9 Å². The average Bonchev–Trinajstić information content (AvgIpc) is 3.26. The molecule has 134 valence electrons. The van der Waals surface area contributed by atoms with Gasteiger partial charge in [-0.3, -0.25) is 9.59 Å². The van der Waals surface area contributed by atoms with Gasteiger partial charge in [0.2, 0.25) is 5.91 Å². The summed E-state index contributed by atoms with van der Waals surface area (Å²) in [6, 6.07) is 2.03. The first kappa shape index (κ1) is 19.2. The lowest BCUT2D eigenvalue weighted by Crippen LogP contribution is -2.46. The third-order valence-corrected chi connectivity index (χ3v) is 5.58. The molecule has 0 bridgehead atoms. The zero-order valence-electron chi connectivity index (χ0n) is 13.8. The molecule has 2 fully saturated rings. The molecule has 2 aliphatic heterocycles. The fourth-order valence-corrected chi connectivity index (χ4v) is 4.02. The number of thiophene rings is 1. The van der Waals surface area contributed by atoms with Crippen LogP contribution in [0.1, 0.15) is 42.5 Å². The zero-order chi connectivity index (χ0) is 16.1. The average molecular weight is 372 g/mol. The molecule has 7 heteroatoms. The minimum Gasteiger partial charge on any atom is -0.349 e. The molecule has 5 nitrogen and oxygen atoms in total. The van der Waals surface area contributed by atoms with Crippen molar-refractivity contribution in [3.63, 3.8) is 0 Å². The quantitative estimate of drug-likeness (QED) is 0.834. The van der Waals surface area contributed by atoms with Crippen LogP contribution in [0.25, 0.3) is 0 Å². The highest BCUT2D eigenvalue weighted by Crippen LogP contribution is 2.18. The molecule has 24 heavy (non-hydrogen) atoms. The summed E-state index contributed by atoms with van der Waals surface area (Å²) >= 11 is 1.53. The van der Waals surface area contributed by atoms with Crippen molar-refractivity contribution in [2.75, 3.05) is 26.2 Å². The molecule has 0 radical (unpaired) electrons. The van der Waals surface area contributed by atoms with Crippen LogP contribution in [-0.2, 0) is 4.79 Å². The van der Waals surface area contributed by atoms with Crippen molar-refractivity contribution in [3.05, 3.63) is 22.4 Å². The van der Waals surface area contributed by atoms with Crippen LogP contribution in [0.15, 0.2) is 16.8 Å². The molecule has 2 aliphatic rings. The van der Waals surface area contributed by atoms with E-state index in [2.05, 4.69) is 10.6 Å². The van der Waals surface area contributed by atoms with E-state index in [4.69, 9.17) is 0 Å². The van der Waals surface area contributed by atoms with Gasteiger partial charge in [0.05, 0.1) is 0 Å². The van der Waals surface area contributed by atoms with Gasteiger partial charge < -0.3 is 15.5 Å². The highest BCUT2D eigenvalue weighted by Gasteiger charge is 2.25. The van der Waals surface area contributed by atoms with Crippen molar-refractivity contribution in [3.8, 4) is 0 Å². The second-order valence-electron chi connectivity index (χ2n) is 6.54. The lowest BCUT2D eigenvalue weighted by atomic mass is 10.0. The maximum atomic E-state index is 12.3. The normalized spacial score (nSPS) is 21.3. The van der Waals surface area contributed by atoms with E-state index < -0.39 is 0 Å². The lowest BCUT2D eigenvalue weighted by Gasteiger charge is -2.32. The van der Waals surface area contributed by atoms with Crippen molar-refractivity contribution < 1.29 is 9.59 Å². The number of rotatable bonds is 5. The predicted molar refractivity (Wildman–Crippen MR) is 98.8 cm³/mol. The molecule has 2 N–H and O–H groups in total. The van der Waals surface area contributed by atoms with Gasteiger partial charge in [-0.25, -0.2) is 0 Å². The number of nitrogens with zero attached hydrogens (tertiary/aromatic N) is 1. The van der Waals surface area contributed by atoms with Gasteiger partial charge in [0, 0.05) is 36.5 Å². The Bertz CT molecular complexity index is 524. The third-order valence-electron chi connectivity index (χ3n) is 4.90. The Kier molecular flexibility index (Phi) is 7.52. The van der Waals surface area contributed by atoms with Crippen LogP contribution in [0.2, 0.25) is 0 Å². The molecule has 2 amide bonds. The molecule has 1 unspecified atom stereocenters. The monoisotopic (exact) mass is 371 g/mol. The number of piperidine rings is 1. The Morgan fingerprint density at radius 3 is 2.71 bits per heavy atom. The summed E-state index contributed by atoms with van der Waals surface area (Å²) in [5.74, 6) is 0.950. The van der Waals surface area contributed by atoms with Gasteiger partial charge in [-0.1, -0.05) is 0 Å². The second kappa shape index (κ2) is 9.39. The van der Waals surface area contributed by atoms with E-state index in [-0.39, 0.29) is 30.3 Å². The molecule has 1 aromatic heterocycles. The number of amides is 2. The van der Waals surface area contributed by atoms with E-state index in [1.54, 1.807) is 0 Å². The number of carbonyl (C=O) groups is 2. The largest absolute Gasteiger partial charge is 0.349 e. The summed E-state index contributed by atoms with van der Waals surface area (Å²) in [6.45, 7) is 3.67. The minimum absolute atomic E-state index is 0. The predicted octanol–water partition coefficient (Wildman–Crippen LogP) is 2.28. The SMILES string of the molecule is Cl.O=C(NC1CCN(C(=O)CCC2CCNC2)CC1)c1ccsc1. The van der Waals surface area contributed by atoms with Gasteiger partial charge in [0.15, 0.2) is 0 Å². The Hall–Kier alpha value is -1.11. The molecular weight excluding hydrogens is 346 g/mol. The molecule has 0 aliphatic carbocycles. The van der Waals surface area contributed by atoms with Crippen molar-refractivity contribution in [1.82, 2.24) is 15.5 Å². The van der Waals surface area contributed by atoms with Crippen LogP contribution in [0.4, 0.5) is 0 Å². The summed E-state index contributed by atoms with van der Waals surface area (Å²) in [6.07, 6.45) is 4.57. The zero-order valence-corrected chi connectivity index (χ0v) is 15.5. The summed E-state index contributed by atoms with van der Waals surface area (Å²) in [5, 5.41) is 10.2. The minimum atomic E-state index is 0. The molecule has 1 atom stereocenters. The molecule has 3 rings (SSSR count). The highest BCUT2D eigenvalue weighted by molar-refractivity contribution is 7.08.